The van der Waals surface area contributed by atoms with E-state index >= 15 is 0 Å². The van der Waals surface area contributed by atoms with Gasteiger partial charge in [-0.15, -0.1) is 0 Å². The fourth-order valence-electron chi connectivity index (χ4n) is 3.52. The monoisotopic (exact) mass is 283 g/mol. The van der Waals surface area contributed by atoms with Gasteiger partial charge in [-0.2, -0.15) is 0 Å². The summed E-state index contributed by atoms with van der Waals surface area (Å²) in [4.78, 5) is 14.8. The van der Waals surface area contributed by atoms with Gasteiger partial charge in [0.15, 0.2) is 0 Å². The van der Waals surface area contributed by atoms with Gasteiger partial charge in [0.05, 0.1) is 11.1 Å². The number of nitrogens with one attached hydrogen (secondary N) is 1. The van der Waals surface area contributed by atoms with E-state index in [1.165, 1.54) is 0 Å². The van der Waals surface area contributed by atoms with Crippen LogP contribution in [-0.2, 0) is 16.8 Å². The number of amides is 1. The number of anilines is 1. The zero-order valence-electron chi connectivity index (χ0n) is 11.9. The molecule has 1 aromatic carbocycles. The fraction of sp³-hybridized carbons (Fsp3) is 0.375. The second kappa shape index (κ2) is 4.43. The second-order valence-electron chi connectivity index (χ2n) is 5.97. The van der Waals surface area contributed by atoms with Crippen LogP contribution in [0.3, 0.4) is 0 Å². The first-order chi connectivity index (χ1) is 10.2. The van der Waals surface area contributed by atoms with E-state index in [4.69, 9.17) is 4.52 Å². The SMILES string of the molecule is Cc1cc(CN2CCC3(C2)C(=O)Nc2ccccc23)no1. The first-order valence-electron chi connectivity index (χ1n) is 7.23. The largest absolute Gasteiger partial charge is 0.361 e. The molecule has 0 aliphatic carbocycles. The molecule has 1 saturated heterocycles. The van der Waals surface area contributed by atoms with Crippen molar-refractivity contribution in [3.05, 3.63) is 47.3 Å². The third-order valence-corrected chi connectivity index (χ3v) is 4.54. The number of likely N-dealkylation sites (tertiary alicyclic amines) is 1. The van der Waals surface area contributed by atoms with Crippen LogP contribution in [0.25, 0.3) is 0 Å². The average molecular weight is 283 g/mol. The number of fused-ring (bicyclic) bond motifs is 2. The predicted octanol–water partition coefficient (Wildman–Crippen LogP) is 2.08. The van der Waals surface area contributed by atoms with Gasteiger partial charge in [-0.3, -0.25) is 9.69 Å². The van der Waals surface area contributed by atoms with Crippen molar-refractivity contribution in [2.75, 3.05) is 18.4 Å². The fourth-order valence-corrected chi connectivity index (χ4v) is 3.52. The molecule has 1 aromatic heterocycles. The van der Waals surface area contributed by atoms with Crippen LogP contribution in [0.15, 0.2) is 34.9 Å². The molecule has 2 aliphatic heterocycles. The Morgan fingerprint density at radius 1 is 1.43 bits per heavy atom. The normalized spacial score (nSPS) is 24.5. The van der Waals surface area contributed by atoms with Crippen molar-refractivity contribution in [3.63, 3.8) is 0 Å². The number of rotatable bonds is 2. The summed E-state index contributed by atoms with van der Waals surface area (Å²) >= 11 is 0. The first kappa shape index (κ1) is 12.6. The lowest BCUT2D eigenvalue weighted by Crippen LogP contribution is -2.37. The van der Waals surface area contributed by atoms with E-state index in [1.807, 2.05) is 31.2 Å². The minimum Gasteiger partial charge on any atom is -0.361 e. The number of para-hydroxylation sites is 1. The van der Waals surface area contributed by atoms with Crippen LogP contribution in [0, 0.1) is 6.92 Å². The van der Waals surface area contributed by atoms with Crippen molar-refractivity contribution < 1.29 is 9.32 Å². The molecule has 4 rings (SSSR count). The summed E-state index contributed by atoms with van der Waals surface area (Å²) < 4.78 is 5.11. The highest BCUT2D eigenvalue weighted by Crippen LogP contribution is 2.44. The molecule has 2 aliphatic rings. The summed E-state index contributed by atoms with van der Waals surface area (Å²) in [7, 11) is 0. The van der Waals surface area contributed by atoms with Crippen molar-refractivity contribution in [1.29, 1.82) is 0 Å². The van der Waals surface area contributed by atoms with E-state index in [1.54, 1.807) is 0 Å². The molecule has 1 unspecified atom stereocenters. The Morgan fingerprint density at radius 3 is 3.10 bits per heavy atom. The van der Waals surface area contributed by atoms with Crippen molar-refractivity contribution in [2.45, 2.75) is 25.3 Å². The van der Waals surface area contributed by atoms with Crippen LogP contribution in [0.1, 0.15) is 23.4 Å². The Morgan fingerprint density at radius 2 is 2.29 bits per heavy atom. The lowest BCUT2D eigenvalue weighted by atomic mass is 9.81. The van der Waals surface area contributed by atoms with Crippen LogP contribution >= 0.6 is 0 Å². The summed E-state index contributed by atoms with van der Waals surface area (Å²) in [5.74, 6) is 0.949. The zero-order valence-corrected chi connectivity index (χ0v) is 11.9. The lowest BCUT2D eigenvalue weighted by Gasteiger charge is -2.22. The minimum absolute atomic E-state index is 0.127. The smallest absolute Gasteiger partial charge is 0.236 e. The van der Waals surface area contributed by atoms with E-state index in [2.05, 4.69) is 21.4 Å². The number of carbonyl (C=O) groups excluding carboxylic acids is 1. The third-order valence-electron chi connectivity index (χ3n) is 4.54. The number of benzene rings is 1. The van der Waals surface area contributed by atoms with Crippen molar-refractivity contribution in [2.24, 2.45) is 0 Å². The number of hydrogen-bond donors (Lipinski definition) is 1. The predicted molar refractivity (Wildman–Crippen MR) is 77.9 cm³/mol. The first-order valence-corrected chi connectivity index (χ1v) is 7.23. The standard InChI is InChI=1S/C16H17N3O2/c1-11-8-12(18-21-11)9-19-7-6-16(10-19)13-4-2-3-5-14(13)17-15(16)20/h2-5,8H,6-7,9-10H2,1H3,(H,17,20). The Labute approximate surface area is 122 Å². The molecule has 108 valence electrons. The second-order valence-corrected chi connectivity index (χ2v) is 5.97. The highest BCUT2D eigenvalue weighted by molar-refractivity contribution is 6.06. The maximum Gasteiger partial charge on any atom is 0.236 e. The van der Waals surface area contributed by atoms with Crippen LogP contribution in [0.4, 0.5) is 5.69 Å². The van der Waals surface area contributed by atoms with Gasteiger partial charge in [-0.1, -0.05) is 23.4 Å². The molecular weight excluding hydrogens is 266 g/mol. The molecule has 0 saturated carbocycles. The zero-order chi connectivity index (χ0) is 14.4. The number of nitrogens with zero attached hydrogens (tertiary/aromatic N) is 2. The van der Waals surface area contributed by atoms with Gasteiger partial charge in [-0.05, 0) is 25.0 Å². The molecule has 1 spiro atoms. The number of hydrogen-bond acceptors (Lipinski definition) is 4. The third kappa shape index (κ3) is 1.88. The molecule has 1 atom stereocenters. The van der Waals surface area contributed by atoms with E-state index in [-0.39, 0.29) is 5.91 Å². The van der Waals surface area contributed by atoms with Crippen molar-refractivity contribution in [1.82, 2.24) is 10.1 Å². The van der Waals surface area contributed by atoms with E-state index in [0.717, 1.165) is 48.8 Å². The molecule has 1 amide bonds. The Kier molecular flexibility index (Phi) is 2.65. The summed E-state index contributed by atoms with van der Waals surface area (Å²) in [6.45, 7) is 4.26. The quantitative estimate of drug-likeness (QED) is 0.916. The lowest BCUT2D eigenvalue weighted by molar-refractivity contribution is -0.120. The number of aryl methyl sites for hydroxylation is 1. The van der Waals surface area contributed by atoms with Crippen LogP contribution < -0.4 is 5.32 Å². The molecule has 0 bridgehead atoms. The highest BCUT2D eigenvalue weighted by Gasteiger charge is 2.50. The molecular formula is C16H17N3O2. The van der Waals surface area contributed by atoms with Gasteiger partial charge < -0.3 is 9.84 Å². The molecule has 1 fully saturated rings. The molecule has 5 heteroatoms. The Balaban J connectivity index is 1.59. The van der Waals surface area contributed by atoms with E-state index < -0.39 is 5.41 Å². The summed E-state index contributed by atoms with van der Waals surface area (Å²) in [5.41, 5.74) is 2.63. The average Bonchev–Trinajstić information content (AvgIpc) is 3.13. The Hall–Kier alpha value is -2.14. The molecule has 5 nitrogen and oxygen atoms in total. The van der Waals surface area contributed by atoms with Crippen LogP contribution in [0.2, 0.25) is 0 Å². The minimum atomic E-state index is -0.393. The summed E-state index contributed by atoms with van der Waals surface area (Å²) in [5, 5.41) is 7.06. The topological polar surface area (TPSA) is 58.4 Å². The maximum atomic E-state index is 12.5. The highest BCUT2D eigenvalue weighted by atomic mass is 16.5. The number of aromatic nitrogens is 1. The van der Waals surface area contributed by atoms with Crippen LogP contribution in [-0.4, -0.2) is 29.1 Å². The van der Waals surface area contributed by atoms with Crippen molar-refractivity contribution in [3.8, 4) is 0 Å². The van der Waals surface area contributed by atoms with Gasteiger partial charge in [0.1, 0.15) is 5.76 Å². The van der Waals surface area contributed by atoms with Gasteiger partial charge in [0.25, 0.3) is 0 Å². The molecule has 2 aromatic rings. The van der Waals surface area contributed by atoms with Gasteiger partial charge in [0.2, 0.25) is 5.91 Å². The summed E-state index contributed by atoms with van der Waals surface area (Å²) in [6, 6.07) is 9.96. The van der Waals surface area contributed by atoms with Gasteiger partial charge in [-0.25, -0.2) is 0 Å². The molecule has 21 heavy (non-hydrogen) atoms. The number of carbonyl (C=O) groups is 1. The van der Waals surface area contributed by atoms with Crippen molar-refractivity contribution >= 4 is 11.6 Å². The molecule has 3 heterocycles. The molecule has 0 radical (unpaired) electrons. The van der Waals surface area contributed by atoms with E-state index in [0.29, 0.717) is 0 Å². The molecule has 1 N–H and O–H groups in total. The van der Waals surface area contributed by atoms with E-state index in [9.17, 15) is 4.79 Å². The maximum absolute atomic E-state index is 12.5. The Bertz CT molecular complexity index is 709. The summed E-state index contributed by atoms with van der Waals surface area (Å²) in [6.07, 6.45) is 0.854. The van der Waals surface area contributed by atoms with Crippen LogP contribution in [0.5, 0.6) is 0 Å². The van der Waals surface area contributed by atoms with Gasteiger partial charge >= 0.3 is 0 Å². The van der Waals surface area contributed by atoms with Gasteiger partial charge in [0, 0.05) is 31.4 Å².